The molecular formula is C72H58N16S8. The maximum absolute atomic E-state index is 6.03. The van der Waals surface area contributed by atoms with E-state index in [1.54, 1.807) is 90.7 Å². The van der Waals surface area contributed by atoms with E-state index in [1.807, 2.05) is 0 Å². The molecule has 0 fully saturated rings. The van der Waals surface area contributed by atoms with Crippen LogP contribution in [0.15, 0.2) is 189 Å². The molecule has 2 aliphatic heterocycles. The van der Waals surface area contributed by atoms with E-state index in [4.69, 9.17) is 29.9 Å². The van der Waals surface area contributed by atoms with Crippen molar-refractivity contribution in [3.8, 4) is 95.9 Å². The monoisotopic (exact) mass is 1400 g/mol. The Labute approximate surface area is 584 Å². The van der Waals surface area contributed by atoms with Gasteiger partial charge in [0, 0.05) is 56.4 Å². The van der Waals surface area contributed by atoms with Gasteiger partial charge in [0.2, 0.25) is 0 Å². The summed E-state index contributed by atoms with van der Waals surface area (Å²) in [5.74, 6) is 1.76. The van der Waals surface area contributed by atoms with Crippen LogP contribution in [-0.2, 0) is 0 Å². The summed E-state index contributed by atoms with van der Waals surface area (Å²) in [7, 11) is 16.6. The first-order valence-corrected chi connectivity index (χ1v) is 37.7. The molecule has 0 unspecified atom stereocenters. The van der Waals surface area contributed by atoms with Gasteiger partial charge in [0.1, 0.15) is 45.5 Å². The zero-order valence-corrected chi connectivity index (χ0v) is 59.5. The molecule has 0 radical (unpaired) electrons. The molecule has 2 aliphatic rings. The van der Waals surface area contributed by atoms with Crippen molar-refractivity contribution < 1.29 is 0 Å². The second-order valence-electron chi connectivity index (χ2n) is 23.6. The summed E-state index contributed by atoms with van der Waals surface area (Å²) in [5, 5.41) is 17.0. The lowest BCUT2D eigenvalue weighted by atomic mass is 10.2. The van der Waals surface area contributed by atoms with Crippen LogP contribution < -0.4 is 9.80 Å². The molecule has 0 saturated heterocycles. The lowest BCUT2D eigenvalue weighted by Gasteiger charge is -2.20. The average molecular weight is 1400 g/mol. The SMILES string of the molecule is CN(C)C1=C(n2c(-c3cccs3)ccc2-c2cccs2)c2nc1nc1[nH]c(nc3nc(nc4[nH]c(n2)c(N(C)C)c4-n2c(-c4cccs4)ccc2-c2cccs2)C(N(C)C)=C3n2c(-c3cccs3)ccc2-c2cccs2)c(-n2c(-c3cccs3)ccc2-c2cccs2)c1N(C)C. The molecule has 24 heteroatoms. The molecule has 17 rings (SSSR count). The molecule has 0 amide bonds. The number of H-pyrrole nitrogens is 2. The smallest absolute Gasteiger partial charge is 0.183 e. The first-order valence-electron chi connectivity index (χ1n) is 30.6. The second kappa shape index (κ2) is 24.2. The highest BCUT2D eigenvalue weighted by Gasteiger charge is 2.36. The Balaban J connectivity index is 1.10. The van der Waals surface area contributed by atoms with Crippen LogP contribution in [0.1, 0.15) is 23.3 Å². The third kappa shape index (κ3) is 9.95. The van der Waals surface area contributed by atoms with Gasteiger partial charge in [-0.3, -0.25) is 0 Å². The zero-order valence-electron chi connectivity index (χ0n) is 53.0. The van der Waals surface area contributed by atoms with Gasteiger partial charge in [-0.15, -0.1) is 90.7 Å². The molecular weight excluding hydrogens is 1350 g/mol. The molecule has 15 aromatic heterocycles. The quantitative estimate of drug-likeness (QED) is 0.0960. The largest absolute Gasteiger partial charge is 0.373 e. The highest BCUT2D eigenvalue weighted by atomic mass is 32.1. The first kappa shape index (κ1) is 59.9. The fourth-order valence-electron chi connectivity index (χ4n) is 13.0. The maximum Gasteiger partial charge on any atom is 0.183 e. The Morgan fingerprint density at radius 3 is 0.719 bits per heavy atom. The third-order valence-electron chi connectivity index (χ3n) is 16.8. The number of nitrogens with one attached hydrogen (secondary N) is 2. The van der Waals surface area contributed by atoms with E-state index in [0.717, 1.165) is 130 Å². The molecule has 8 bridgehead atoms. The minimum Gasteiger partial charge on any atom is -0.373 e. The number of nitrogens with zero attached hydrogens (tertiary/aromatic N) is 14. The third-order valence-corrected chi connectivity index (χ3v) is 23.9. The fraction of sp³-hybridized carbons (Fsp3) is 0.111. The number of hydrogen-bond donors (Lipinski definition) is 2. The summed E-state index contributed by atoms with van der Waals surface area (Å²) in [5.41, 5.74) is 16.2. The molecule has 16 nitrogen and oxygen atoms in total. The summed E-state index contributed by atoms with van der Waals surface area (Å²) < 4.78 is 9.36. The molecule has 0 saturated carbocycles. The van der Waals surface area contributed by atoms with Crippen LogP contribution in [0, 0.1) is 0 Å². The van der Waals surface area contributed by atoms with Gasteiger partial charge in [0.05, 0.1) is 84.6 Å². The molecule has 15 aromatic rings. The van der Waals surface area contributed by atoms with Crippen LogP contribution >= 0.6 is 90.7 Å². The van der Waals surface area contributed by atoms with Crippen molar-refractivity contribution in [3.05, 3.63) is 212 Å². The van der Waals surface area contributed by atoms with Crippen molar-refractivity contribution in [3.63, 3.8) is 0 Å². The van der Waals surface area contributed by atoms with Crippen LogP contribution in [0.2, 0.25) is 0 Å². The number of thiophene rings is 8. The Hall–Kier alpha value is -9.76. The number of aromatic amines is 2. The van der Waals surface area contributed by atoms with Gasteiger partial charge in [-0.2, -0.15) is 0 Å². The van der Waals surface area contributed by atoms with E-state index in [0.29, 0.717) is 45.9 Å². The number of aromatic nitrogens is 12. The number of anilines is 2. The van der Waals surface area contributed by atoms with E-state index in [2.05, 4.69) is 293 Å². The van der Waals surface area contributed by atoms with Crippen molar-refractivity contribution in [2.75, 3.05) is 66.2 Å². The Kier molecular flexibility index (Phi) is 15.1. The standard InChI is InChI=1S/C72H58N16S8/c1-81(2)57-61(85-41(49-17-9-33-89-49)25-26-42(85)50-18-10-34-90-50)69-74-65(57)73-66-58(82(3)4)63(87-45(53-21-13-37-93-53)29-30-46(87)54-22-14-38-94-54)71(75-66)80-72-64(88-47(55-23-15-39-95-55)31-32-48(88)56-24-16-40-96-56)60(84(7)8)68(79-72)78-70-62(59(83(5)6)67(76-69)77-70)86-43(51-19-11-35-91-51)27-28-44(86)52-20-12-36-92-52/h9-40H,1-8H3,(H2,73,74,75,76,77,78,79,80). The Bertz CT molecular complexity index is 5380. The number of rotatable bonds is 16. The minimum absolute atomic E-state index is 0.434. The van der Waals surface area contributed by atoms with Crippen LogP contribution in [0.25, 0.3) is 141 Å². The van der Waals surface area contributed by atoms with E-state index in [9.17, 15) is 0 Å². The van der Waals surface area contributed by atoms with E-state index < -0.39 is 0 Å². The first-order chi connectivity index (χ1) is 46.9. The van der Waals surface area contributed by atoms with Gasteiger partial charge >= 0.3 is 0 Å². The van der Waals surface area contributed by atoms with Crippen LogP contribution in [0.5, 0.6) is 0 Å². The Morgan fingerprint density at radius 2 is 0.490 bits per heavy atom. The summed E-state index contributed by atoms with van der Waals surface area (Å²) in [6.07, 6.45) is 0. The van der Waals surface area contributed by atoms with Crippen LogP contribution in [0.4, 0.5) is 11.4 Å². The van der Waals surface area contributed by atoms with E-state index in [-0.39, 0.29) is 0 Å². The lowest BCUT2D eigenvalue weighted by molar-refractivity contribution is 0.588. The van der Waals surface area contributed by atoms with Crippen molar-refractivity contribution in [2.24, 2.45) is 0 Å². The van der Waals surface area contributed by atoms with Crippen molar-refractivity contribution >= 4 is 147 Å². The van der Waals surface area contributed by atoms with Gasteiger partial charge in [0.25, 0.3) is 0 Å². The van der Waals surface area contributed by atoms with E-state index in [1.165, 1.54) is 0 Å². The average Bonchev–Trinajstić information content (AvgIpc) is 1.58. The molecule has 0 atom stereocenters. The molecule has 0 spiro atoms. The molecule has 474 valence electrons. The van der Waals surface area contributed by atoms with Gasteiger partial charge in [-0.1, -0.05) is 48.5 Å². The van der Waals surface area contributed by atoms with Gasteiger partial charge in [-0.05, 0) is 140 Å². The molecule has 96 heavy (non-hydrogen) atoms. The summed E-state index contributed by atoms with van der Waals surface area (Å²) in [6, 6.07) is 52.0. The van der Waals surface area contributed by atoms with Crippen molar-refractivity contribution in [1.82, 2.24) is 67.9 Å². The minimum atomic E-state index is 0.434. The zero-order chi connectivity index (χ0) is 65.0. The predicted octanol–water partition coefficient (Wildman–Crippen LogP) is 18.9. The van der Waals surface area contributed by atoms with Crippen LogP contribution in [-0.4, -0.2) is 124 Å². The summed E-state index contributed by atoms with van der Waals surface area (Å²) in [6.45, 7) is 0. The topological polar surface area (TPSA) is 142 Å². The van der Waals surface area contributed by atoms with Gasteiger partial charge < -0.3 is 47.8 Å². The molecule has 0 aliphatic carbocycles. The number of hydrogen-bond acceptors (Lipinski definition) is 18. The molecule has 0 aromatic carbocycles. The number of fused-ring (bicyclic) bond motifs is 8. The molecule has 17 heterocycles. The van der Waals surface area contributed by atoms with E-state index >= 15 is 0 Å². The lowest BCUT2D eigenvalue weighted by Crippen LogP contribution is -2.15. The fourth-order valence-corrected chi connectivity index (χ4v) is 18.9. The van der Waals surface area contributed by atoms with Crippen LogP contribution in [0.3, 0.4) is 0 Å². The van der Waals surface area contributed by atoms with Crippen molar-refractivity contribution in [1.29, 1.82) is 0 Å². The van der Waals surface area contributed by atoms with Crippen molar-refractivity contribution in [2.45, 2.75) is 0 Å². The highest BCUT2D eigenvalue weighted by Crippen LogP contribution is 2.49. The van der Waals surface area contributed by atoms with Gasteiger partial charge in [0.15, 0.2) is 45.9 Å². The Morgan fingerprint density at radius 1 is 0.260 bits per heavy atom. The normalized spacial score (nSPS) is 12.5. The summed E-state index contributed by atoms with van der Waals surface area (Å²) in [4.78, 5) is 60.5. The second-order valence-corrected chi connectivity index (χ2v) is 31.1. The summed E-state index contributed by atoms with van der Waals surface area (Å²) >= 11 is 13.6. The predicted molar refractivity (Wildman–Crippen MR) is 407 cm³/mol. The molecule has 2 N–H and O–H groups in total. The highest BCUT2D eigenvalue weighted by molar-refractivity contribution is 7.15. The van der Waals surface area contributed by atoms with Gasteiger partial charge in [-0.25, -0.2) is 29.9 Å². The maximum atomic E-state index is 6.03.